The Hall–Kier alpha value is -1.53. The second-order valence-corrected chi connectivity index (χ2v) is 6.90. The lowest BCUT2D eigenvalue weighted by atomic mass is 9.88. The normalized spacial score (nSPS) is 23.2. The van der Waals surface area contributed by atoms with Gasteiger partial charge in [-0.1, -0.05) is 13.3 Å². The molecule has 0 atom stereocenters. The fourth-order valence-corrected chi connectivity index (χ4v) is 2.55. The molecule has 1 N–H and O–H groups in total. The highest BCUT2D eigenvalue weighted by Crippen LogP contribution is 2.26. The van der Waals surface area contributed by atoms with Crippen LogP contribution in [0.25, 0.3) is 0 Å². The molecule has 0 heterocycles. The topological polar surface area (TPSA) is 88.2 Å². The molecule has 7 heteroatoms. The Balaban J connectivity index is 2.54. The van der Waals surface area contributed by atoms with Crippen LogP contribution in [0.15, 0.2) is 5.28 Å². The molecule has 0 unspecified atom stereocenters. The van der Waals surface area contributed by atoms with Crippen LogP contribution in [0.2, 0.25) is 0 Å². The van der Waals surface area contributed by atoms with Crippen LogP contribution in [0.1, 0.15) is 66.2 Å². The molecule has 0 aromatic carbocycles. The van der Waals surface area contributed by atoms with Crippen LogP contribution in [-0.2, 0) is 9.63 Å². The molecule has 22 heavy (non-hydrogen) atoms. The van der Waals surface area contributed by atoms with Crippen molar-refractivity contribution in [2.45, 2.75) is 77.9 Å². The third-order valence-corrected chi connectivity index (χ3v) is 3.99. The Morgan fingerprint density at radius 2 is 1.95 bits per heavy atom. The summed E-state index contributed by atoms with van der Waals surface area (Å²) in [6.07, 6.45) is 4.15. The van der Waals surface area contributed by atoms with Crippen LogP contribution in [0.4, 0.5) is 0 Å². The van der Waals surface area contributed by atoms with Gasteiger partial charge in [0, 0.05) is 0 Å². The minimum atomic E-state index is -0.751. The van der Waals surface area contributed by atoms with Gasteiger partial charge in [-0.3, -0.25) is 4.79 Å². The van der Waals surface area contributed by atoms with Crippen molar-refractivity contribution in [3.8, 4) is 0 Å². The number of hydrazine groups is 1. The third kappa shape index (κ3) is 5.69. The number of hydrogen-bond acceptors (Lipinski definition) is 4. The minimum Gasteiger partial charge on any atom is -0.569 e. The van der Waals surface area contributed by atoms with Gasteiger partial charge in [-0.25, -0.2) is 0 Å². The van der Waals surface area contributed by atoms with Gasteiger partial charge in [0.1, 0.15) is 6.10 Å². The van der Waals surface area contributed by atoms with E-state index in [4.69, 9.17) is 9.94 Å². The highest BCUT2D eigenvalue weighted by molar-refractivity contribution is 5.69. The summed E-state index contributed by atoms with van der Waals surface area (Å²) in [6, 6.07) is 0. The number of nitrogens with zero attached hydrogens (tertiary/aromatic N) is 3. The zero-order valence-electron chi connectivity index (χ0n) is 14.1. The number of rotatable bonds is 7. The lowest BCUT2D eigenvalue weighted by Gasteiger charge is -2.30. The van der Waals surface area contributed by atoms with E-state index >= 15 is 0 Å². The van der Waals surface area contributed by atoms with Crippen molar-refractivity contribution in [2.75, 3.05) is 6.54 Å². The maximum absolute atomic E-state index is 12.2. The van der Waals surface area contributed by atoms with Crippen molar-refractivity contribution in [2.24, 2.45) is 11.2 Å². The van der Waals surface area contributed by atoms with Gasteiger partial charge in [-0.2, -0.15) is 0 Å². The maximum atomic E-state index is 12.2. The highest BCUT2D eigenvalue weighted by atomic mass is 16.7. The van der Waals surface area contributed by atoms with E-state index in [0.29, 0.717) is 37.2 Å². The number of carbonyl (C=O) groups is 1. The number of carboxylic acids is 1. The van der Waals surface area contributed by atoms with Crippen LogP contribution >= 0.6 is 0 Å². The standard InChI is InChI=1S/C15H29N3O4/c1-5-6-11-17(15(2,3)4)18(21)16-22-13-9-7-12(8-10-13)14(19)20/h12-13H,5-11H2,1-4H3,(H,19,20)/b18-16-. The molecule has 1 rings (SSSR count). The van der Waals surface area contributed by atoms with Gasteiger partial charge >= 0.3 is 5.97 Å². The summed E-state index contributed by atoms with van der Waals surface area (Å²) in [5.74, 6) is -1.04. The first kappa shape index (κ1) is 18.5. The van der Waals surface area contributed by atoms with E-state index in [0.717, 1.165) is 12.8 Å². The predicted molar refractivity (Wildman–Crippen MR) is 81.9 cm³/mol. The first-order chi connectivity index (χ1) is 10.3. The minimum absolute atomic E-state index is 0.167. The Morgan fingerprint density at radius 1 is 1.36 bits per heavy atom. The zero-order valence-corrected chi connectivity index (χ0v) is 14.1. The molecule has 1 fully saturated rings. The number of hydrogen-bond donors (Lipinski definition) is 1. The van der Waals surface area contributed by atoms with Crippen molar-refractivity contribution >= 4 is 5.97 Å². The lowest BCUT2D eigenvalue weighted by Crippen LogP contribution is -2.46. The van der Waals surface area contributed by atoms with Crippen LogP contribution in [0.5, 0.6) is 0 Å². The molecule has 128 valence electrons. The Morgan fingerprint density at radius 3 is 2.41 bits per heavy atom. The van der Waals surface area contributed by atoms with E-state index in [-0.39, 0.29) is 17.6 Å². The molecule has 0 bridgehead atoms. The molecule has 0 aliphatic heterocycles. The SMILES string of the molecule is CCCCN(/[N+]([O-])=N/OC1CCC(C(=O)O)CC1)C(C)(C)C. The van der Waals surface area contributed by atoms with Crippen molar-refractivity contribution in [3.63, 3.8) is 0 Å². The summed E-state index contributed by atoms with van der Waals surface area (Å²) >= 11 is 0. The number of carboxylic acid groups (broad SMARTS) is 1. The molecule has 0 saturated heterocycles. The average Bonchev–Trinajstić information content (AvgIpc) is 2.44. The van der Waals surface area contributed by atoms with Gasteiger partial charge in [0.2, 0.25) is 5.28 Å². The number of unbranched alkanes of at least 4 members (excludes halogenated alkanes) is 1. The predicted octanol–water partition coefficient (Wildman–Crippen LogP) is 3.34. The Labute approximate surface area is 132 Å². The quantitative estimate of drug-likeness (QED) is 0.442. The van der Waals surface area contributed by atoms with Gasteiger partial charge in [0.05, 0.1) is 23.0 Å². The first-order valence-electron chi connectivity index (χ1n) is 8.10. The average molecular weight is 315 g/mol. The molecule has 0 amide bonds. The number of aliphatic carboxylic acids is 1. The second kappa shape index (κ2) is 8.19. The fourth-order valence-electron chi connectivity index (χ4n) is 2.55. The Kier molecular flexibility index (Phi) is 6.90. The summed E-state index contributed by atoms with van der Waals surface area (Å²) in [5.41, 5.74) is -0.329. The van der Waals surface area contributed by atoms with Crippen molar-refractivity contribution in [3.05, 3.63) is 5.21 Å². The van der Waals surface area contributed by atoms with Gasteiger partial charge in [-0.05, 0) is 52.9 Å². The summed E-state index contributed by atoms with van der Waals surface area (Å²) in [6.45, 7) is 8.58. The van der Waals surface area contributed by atoms with Gasteiger partial charge in [0.25, 0.3) is 0 Å². The molecular weight excluding hydrogens is 286 g/mol. The summed E-state index contributed by atoms with van der Waals surface area (Å²) in [4.78, 5) is 16.8. The van der Waals surface area contributed by atoms with Crippen molar-refractivity contribution in [1.82, 2.24) is 5.01 Å². The molecule has 1 aliphatic carbocycles. The summed E-state index contributed by atoms with van der Waals surface area (Å²) in [5, 5.41) is 26.5. The smallest absolute Gasteiger partial charge is 0.306 e. The lowest BCUT2D eigenvalue weighted by molar-refractivity contribution is -0.726. The molecule has 0 aromatic rings. The molecule has 1 aliphatic rings. The molecule has 1 saturated carbocycles. The largest absolute Gasteiger partial charge is 0.569 e. The summed E-state index contributed by atoms with van der Waals surface area (Å²) in [7, 11) is 0. The second-order valence-electron chi connectivity index (χ2n) is 6.90. The maximum Gasteiger partial charge on any atom is 0.306 e. The van der Waals surface area contributed by atoms with Crippen molar-refractivity contribution in [1.29, 1.82) is 0 Å². The van der Waals surface area contributed by atoms with E-state index in [9.17, 15) is 10.0 Å². The van der Waals surface area contributed by atoms with Crippen LogP contribution in [0.3, 0.4) is 0 Å². The van der Waals surface area contributed by atoms with E-state index in [1.54, 1.807) is 5.01 Å². The van der Waals surface area contributed by atoms with Gasteiger partial charge in [-0.15, -0.1) is 5.01 Å². The highest BCUT2D eigenvalue weighted by Gasteiger charge is 2.30. The van der Waals surface area contributed by atoms with E-state index in [1.165, 1.54) is 0 Å². The third-order valence-electron chi connectivity index (χ3n) is 3.99. The molecule has 0 aromatic heterocycles. The zero-order chi connectivity index (χ0) is 16.8. The van der Waals surface area contributed by atoms with E-state index in [2.05, 4.69) is 12.2 Å². The van der Waals surface area contributed by atoms with Crippen molar-refractivity contribution < 1.29 is 19.7 Å². The van der Waals surface area contributed by atoms with Gasteiger partial charge < -0.3 is 15.2 Å². The van der Waals surface area contributed by atoms with Crippen LogP contribution in [0, 0.1) is 11.1 Å². The summed E-state index contributed by atoms with van der Waals surface area (Å²) < 4.78 is 0. The first-order valence-corrected chi connectivity index (χ1v) is 8.10. The van der Waals surface area contributed by atoms with Gasteiger partial charge in [0.15, 0.2) is 0 Å². The van der Waals surface area contributed by atoms with Crippen LogP contribution < -0.4 is 0 Å². The monoisotopic (exact) mass is 315 g/mol. The molecule has 7 nitrogen and oxygen atoms in total. The molecular formula is C15H29N3O4. The molecule has 0 spiro atoms. The Bertz CT molecular complexity index is 385. The van der Waals surface area contributed by atoms with E-state index < -0.39 is 5.97 Å². The van der Waals surface area contributed by atoms with E-state index in [1.807, 2.05) is 20.8 Å². The molecule has 0 radical (unpaired) electrons. The fraction of sp³-hybridized carbons (Fsp3) is 0.933. The van der Waals surface area contributed by atoms with Crippen LogP contribution in [-0.4, -0.2) is 39.2 Å².